The van der Waals surface area contributed by atoms with Crippen molar-refractivity contribution in [3.05, 3.63) is 70.0 Å². The first-order valence-electron chi connectivity index (χ1n) is 6.60. The highest BCUT2D eigenvalue weighted by Crippen LogP contribution is 2.23. The Morgan fingerprint density at radius 1 is 1.29 bits per heavy atom. The number of carbonyl (C=O) groups excluding carboxylic acids is 1. The molecule has 0 bridgehead atoms. The van der Waals surface area contributed by atoms with E-state index in [1.54, 1.807) is 23.3 Å². The lowest BCUT2D eigenvalue weighted by atomic mass is 10.2. The molecular formula is C14H9ClN6O3. The lowest BCUT2D eigenvalue weighted by Crippen LogP contribution is -2.13. The number of non-ortho nitro benzene ring substituents is 1. The van der Waals surface area contributed by atoms with E-state index in [9.17, 15) is 14.9 Å². The predicted octanol–water partition coefficient (Wildman–Crippen LogP) is 2.48. The van der Waals surface area contributed by atoms with Gasteiger partial charge in [0.05, 0.1) is 33.6 Å². The number of imidazole rings is 1. The maximum Gasteiger partial charge on any atom is 0.270 e. The number of aromatic nitrogens is 4. The molecule has 3 rings (SSSR count). The van der Waals surface area contributed by atoms with Gasteiger partial charge >= 0.3 is 0 Å². The van der Waals surface area contributed by atoms with Crippen LogP contribution in [0.25, 0.3) is 5.95 Å². The number of rotatable bonds is 4. The molecule has 0 saturated carbocycles. The number of carbonyl (C=O) groups is 1. The standard InChI is InChI=1S/C14H9ClN6O3/c15-12-5-10(21(23)24)1-2-11(12)13(22)19-9-6-17-14(18-7-9)20-4-3-16-8-20/h1-8H,(H,19,22). The zero-order valence-corrected chi connectivity index (χ0v) is 12.7. The van der Waals surface area contributed by atoms with Crippen LogP contribution in [0.1, 0.15) is 10.4 Å². The topological polar surface area (TPSA) is 116 Å². The molecule has 0 aliphatic carbocycles. The predicted molar refractivity (Wildman–Crippen MR) is 85.2 cm³/mol. The molecule has 3 aromatic rings. The molecule has 24 heavy (non-hydrogen) atoms. The van der Waals surface area contributed by atoms with Crippen molar-refractivity contribution < 1.29 is 9.72 Å². The number of hydrogen-bond acceptors (Lipinski definition) is 6. The van der Waals surface area contributed by atoms with Crippen LogP contribution in [0.2, 0.25) is 5.02 Å². The van der Waals surface area contributed by atoms with E-state index in [1.807, 2.05) is 0 Å². The molecule has 0 aliphatic rings. The van der Waals surface area contributed by atoms with Crippen molar-refractivity contribution in [2.24, 2.45) is 0 Å². The second-order valence-electron chi connectivity index (χ2n) is 4.62. The molecule has 0 aliphatic heterocycles. The summed E-state index contributed by atoms with van der Waals surface area (Å²) in [7, 11) is 0. The average Bonchev–Trinajstić information content (AvgIpc) is 3.09. The van der Waals surface area contributed by atoms with Crippen LogP contribution >= 0.6 is 11.6 Å². The normalized spacial score (nSPS) is 10.4. The molecule has 0 radical (unpaired) electrons. The first kappa shape index (κ1) is 15.6. The van der Waals surface area contributed by atoms with Crippen LogP contribution in [-0.4, -0.2) is 30.3 Å². The number of halogens is 1. The Balaban J connectivity index is 1.76. The Morgan fingerprint density at radius 3 is 2.62 bits per heavy atom. The molecule has 2 heterocycles. The first-order valence-corrected chi connectivity index (χ1v) is 6.98. The monoisotopic (exact) mass is 344 g/mol. The van der Waals surface area contributed by atoms with E-state index in [2.05, 4.69) is 20.3 Å². The molecule has 2 aromatic heterocycles. The second-order valence-corrected chi connectivity index (χ2v) is 5.02. The maximum atomic E-state index is 12.2. The van der Waals surface area contributed by atoms with Crippen LogP contribution in [0.5, 0.6) is 0 Å². The number of nitro groups is 1. The lowest BCUT2D eigenvalue weighted by molar-refractivity contribution is -0.384. The van der Waals surface area contributed by atoms with Gasteiger partial charge in [-0.3, -0.25) is 19.5 Å². The van der Waals surface area contributed by atoms with Crippen molar-refractivity contribution in [3.63, 3.8) is 0 Å². The van der Waals surface area contributed by atoms with Gasteiger partial charge in [0.2, 0.25) is 5.95 Å². The van der Waals surface area contributed by atoms with Crippen LogP contribution in [-0.2, 0) is 0 Å². The van der Waals surface area contributed by atoms with E-state index in [4.69, 9.17) is 11.6 Å². The van der Waals surface area contributed by atoms with Crippen molar-refractivity contribution >= 4 is 28.9 Å². The summed E-state index contributed by atoms with van der Waals surface area (Å²) in [5.74, 6) is -0.118. The molecule has 0 saturated heterocycles. The third kappa shape index (κ3) is 3.20. The minimum atomic E-state index is -0.587. The SMILES string of the molecule is O=C(Nc1cnc(-n2ccnc2)nc1)c1ccc([N+](=O)[O-])cc1Cl. The molecule has 1 aromatic carbocycles. The fraction of sp³-hybridized carbons (Fsp3) is 0. The van der Waals surface area contributed by atoms with Gasteiger partial charge in [0.25, 0.3) is 11.6 Å². The summed E-state index contributed by atoms with van der Waals surface area (Å²) in [5.41, 5.74) is 0.281. The van der Waals surface area contributed by atoms with Gasteiger partial charge in [-0.2, -0.15) is 0 Å². The van der Waals surface area contributed by atoms with Crippen molar-refractivity contribution in [1.29, 1.82) is 0 Å². The van der Waals surface area contributed by atoms with Crippen molar-refractivity contribution in [2.45, 2.75) is 0 Å². The molecule has 0 fully saturated rings. The summed E-state index contributed by atoms with van der Waals surface area (Å²) < 4.78 is 1.61. The Kier molecular flexibility index (Phi) is 4.17. The maximum absolute atomic E-state index is 12.2. The number of nitrogens with one attached hydrogen (secondary N) is 1. The van der Waals surface area contributed by atoms with Crippen LogP contribution in [0.4, 0.5) is 11.4 Å². The molecule has 0 atom stereocenters. The Morgan fingerprint density at radius 2 is 2.04 bits per heavy atom. The summed E-state index contributed by atoms with van der Waals surface area (Å²) in [6, 6.07) is 3.62. The molecule has 9 nitrogen and oxygen atoms in total. The van der Waals surface area contributed by atoms with E-state index in [-0.39, 0.29) is 16.3 Å². The molecule has 120 valence electrons. The summed E-state index contributed by atoms with van der Waals surface area (Å²) in [5, 5.41) is 13.2. The quantitative estimate of drug-likeness (QED) is 0.574. The summed E-state index contributed by atoms with van der Waals surface area (Å²) in [6.45, 7) is 0. The van der Waals surface area contributed by atoms with Crippen molar-refractivity contribution in [3.8, 4) is 5.95 Å². The summed E-state index contributed by atoms with van der Waals surface area (Å²) in [4.78, 5) is 34.4. The zero-order chi connectivity index (χ0) is 17.1. The van der Waals surface area contributed by atoms with Crippen LogP contribution in [0.15, 0.2) is 49.3 Å². The van der Waals surface area contributed by atoms with Crippen LogP contribution in [0, 0.1) is 10.1 Å². The minimum Gasteiger partial charge on any atom is -0.319 e. The Bertz CT molecular complexity index is 895. The van der Waals surface area contributed by atoms with Gasteiger partial charge in [-0.25, -0.2) is 15.0 Å². The van der Waals surface area contributed by atoms with Gasteiger partial charge in [-0.05, 0) is 6.07 Å². The minimum absolute atomic E-state index is 0.0161. The molecule has 0 unspecified atom stereocenters. The largest absolute Gasteiger partial charge is 0.319 e. The number of nitrogens with zero attached hydrogens (tertiary/aromatic N) is 5. The van der Waals surface area contributed by atoms with E-state index in [0.29, 0.717) is 11.6 Å². The van der Waals surface area contributed by atoms with Crippen LogP contribution in [0.3, 0.4) is 0 Å². The summed E-state index contributed by atoms with van der Waals surface area (Å²) in [6.07, 6.45) is 7.68. The number of anilines is 1. The van der Waals surface area contributed by atoms with Gasteiger partial charge in [0.15, 0.2) is 0 Å². The van der Waals surface area contributed by atoms with E-state index >= 15 is 0 Å². The molecule has 1 N–H and O–H groups in total. The van der Waals surface area contributed by atoms with E-state index < -0.39 is 10.8 Å². The van der Waals surface area contributed by atoms with Crippen LogP contribution < -0.4 is 5.32 Å². The highest BCUT2D eigenvalue weighted by molar-refractivity contribution is 6.34. The molecule has 0 spiro atoms. The fourth-order valence-electron chi connectivity index (χ4n) is 1.90. The number of amides is 1. The van der Waals surface area contributed by atoms with Gasteiger partial charge in [0, 0.05) is 24.5 Å². The molecular weight excluding hydrogens is 336 g/mol. The Hall–Kier alpha value is -3.33. The number of hydrogen-bond donors (Lipinski definition) is 1. The number of benzene rings is 1. The average molecular weight is 345 g/mol. The number of nitro benzene ring substituents is 1. The van der Waals surface area contributed by atoms with E-state index in [0.717, 1.165) is 6.07 Å². The van der Waals surface area contributed by atoms with Crippen molar-refractivity contribution in [1.82, 2.24) is 19.5 Å². The zero-order valence-electron chi connectivity index (χ0n) is 12.0. The second kappa shape index (κ2) is 6.42. The Labute approximate surface area is 140 Å². The van der Waals surface area contributed by atoms with Gasteiger partial charge in [-0.15, -0.1) is 0 Å². The lowest BCUT2D eigenvalue weighted by Gasteiger charge is -2.07. The highest BCUT2D eigenvalue weighted by Gasteiger charge is 2.15. The van der Waals surface area contributed by atoms with E-state index in [1.165, 1.54) is 24.5 Å². The third-order valence-electron chi connectivity index (χ3n) is 3.04. The van der Waals surface area contributed by atoms with Gasteiger partial charge < -0.3 is 5.32 Å². The van der Waals surface area contributed by atoms with Gasteiger partial charge in [-0.1, -0.05) is 11.6 Å². The highest BCUT2D eigenvalue weighted by atomic mass is 35.5. The molecule has 10 heteroatoms. The van der Waals surface area contributed by atoms with Crippen molar-refractivity contribution in [2.75, 3.05) is 5.32 Å². The van der Waals surface area contributed by atoms with Gasteiger partial charge in [0.1, 0.15) is 6.33 Å². The smallest absolute Gasteiger partial charge is 0.270 e. The third-order valence-corrected chi connectivity index (χ3v) is 3.35. The first-order chi connectivity index (χ1) is 11.5. The molecule has 1 amide bonds. The summed E-state index contributed by atoms with van der Waals surface area (Å²) >= 11 is 5.92. The fourth-order valence-corrected chi connectivity index (χ4v) is 2.16.